The fourth-order valence-corrected chi connectivity index (χ4v) is 2.28. The summed E-state index contributed by atoms with van der Waals surface area (Å²) < 4.78 is 0. The maximum Gasteiger partial charge on any atom is 0.311 e. The van der Waals surface area contributed by atoms with E-state index in [1.807, 2.05) is 26.0 Å². The van der Waals surface area contributed by atoms with Crippen molar-refractivity contribution in [3.05, 3.63) is 63.2 Å². The largest absolute Gasteiger partial charge is 0.502 e. The third kappa shape index (κ3) is 5.63. The Morgan fingerprint density at radius 3 is 2.59 bits per heavy atom. The molecule has 0 atom stereocenters. The molecule has 0 aliphatic carbocycles. The lowest BCUT2D eigenvalue weighted by Crippen LogP contribution is -2.24. The molecule has 0 heterocycles. The van der Waals surface area contributed by atoms with Crippen LogP contribution in [0.4, 0.5) is 11.4 Å². The lowest BCUT2D eigenvalue weighted by molar-refractivity contribution is -0.385. The highest BCUT2D eigenvalue weighted by atomic mass is 16.6. The Morgan fingerprint density at radius 1 is 1.19 bits per heavy atom. The van der Waals surface area contributed by atoms with E-state index in [2.05, 4.69) is 15.8 Å². The average Bonchev–Trinajstić information content (AvgIpc) is 2.58. The van der Waals surface area contributed by atoms with Crippen molar-refractivity contribution < 1.29 is 19.6 Å². The standard InChI is InChI=1S/C18H18N4O5/c1-11-3-5-14(12(2)7-11)20-17(24)9-18(25)21-19-10-13-4-6-16(23)15(8-13)22(26)27/h3-8,10,23H,9H2,1-2H3,(H,20,24)(H,21,25)/b19-10+. The van der Waals surface area contributed by atoms with Crippen LogP contribution in [0.1, 0.15) is 23.1 Å². The molecule has 9 nitrogen and oxygen atoms in total. The summed E-state index contributed by atoms with van der Waals surface area (Å²) in [6.45, 7) is 3.79. The first-order chi connectivity index (χ1) is 12.8. The number of hydrazone groups is 1. The zero-order valence-corrected chi connectivity index (χ0v) is 14.7. The molecule has 0 radical (unpaired) electrons. The van der Waals surface area contributed by atoms with Crippen LogP contribution in [-0.4, -0.2) is 28.1 Å². The van der Waals surface area contributed by atoms with Crippen molar-refractivity contribution in [2.75, 3.05) is 5.32 Å². The van der Waals surface area contributed by atoms with Crippen molar-refractivity contribution in [3.8, 4) is 5.75 Å². The summed E-state index contributed by atoms with van der Waals surface area (Å²) in [4.78, 5) is 33.7. The molecule has 2 rings (SSSR count). The number of anilines is 1. The first-order valence-electron chi connectivity index (χ1n) is 7.92. The molecule has 9 heteroatoms. The van der Waals surface area contributed by atoms with Gasteiger partial charge in [0.05, 0.1) is 11.1 Å². The van der Waals surface area contributed by atoms with Crippen LogP contribution in [0.15, 0.2) is 41.5 Å². The van der Waals surface area contributed by atoms with Gasteiger partial charge in [0.15, 0.2) is 5.75 Å². The molecule has 27 heavy (non-hydrogen) atoms. The van der Waals surface area contributed by atoms with E-state index in [0.29, 0.717) is 11.3 Å². The van der Waals surface area contributed by atoms with E-state index in [4.69, 9.17) is 0 Å². The molecule has 0 aliphatic heterocycles. The summed E-state index contributed by atoms with van der Waals surface area (Å²) in [6, 6.07) is 9.18. The highest BCUT2D eigenvalue weighted by molar-refractivity contribution is 6.04. The molecule has 0 fully saturated rings. The number of phenolic OH excluding ortho intramolecular Hbond substituents is 1. The number of aromatic hydroxyl groups is 1. The summed E-state index contributed by atoms with van der Waals surface area (Å²) in [7, 11) is 0. The minimum atomic E-state index is -0.733. The predicted octanol–water partition coefficient (Wildman–Crippen LogP) is 2.40. The number of nitro groups is 1. The van der Waals surface area contributed by atoms with Gasteiger partial charge >= 0.3 is 5.69 Å². The van der Waals surface area contributed by atoms with Crippen molar-refractivity contribution in [2.24, 2.45) is 5.10 Å². The van der Waals surface area contributed by atoms with Crippen LogP contribution >= 0.6 is 0 Å². The van der Waals surface area contributed by atoms with E-state index in [0.717, 1.165) is 23.3 Å². The number of hydrogen-bond donors (Lipinski definition) is 3. The first-order valence-corrected chi connectivity index (χ1v) is 7.92. The molecule has 0 spiro atoms. The van der Waals surface area contributed by atoms with Crippen molar-refractivity contribution in [3.63, 3.8) is 0 Å². The Labute approximate surface area is 154 Å². The summed E-state index contributed by atoms with van der Waals surface area (Å²) in [5, 5.41) is 26.4. The Balaban J connectivity index is 1.90. The number of aryl methyl sites for hydroxylation is 2. The van der Waals surface area contributed by atoms with Gasteiger partial charge in [0, 0.05) is 17.3 Å². The average molecular weight is 370 g/mol. The van der Waals surface area contributed by atoms with E-state index >= 15 is 0 Å². The third-order valence-corrected chi connectivity index (χ3v) is 3.58. The lowest BCUT2D eigenvalue weighted by Gasteiger charge is -2.08. The van der Waals surface area contributed by atoms with Gasteiger partial charge < -0.3 is 10.4 Å². The molecule has 0 aromatic heterocycles. The second-order valence-corrected chi connectivity index (χ2v) is 5.84. The van der Waals surface area contributed by atoms with E-state index in [9.17, 15) is 24.8 Å². The van der Waals surface area contributed by atoms with E-state index in [1.54, 1.807) is 6.07 Å². The number of nitro benzene ring substituents is 1. The highest BCUT2D eigenvalue weighted by Gasteiger charge is 2.13. The van der Waals surface area contributed by atoms with Gasteiger partial charge in [0.25, 0.3) is 0 Å². The number of amides is 2. The number of rotatable bonds is 6. The van der Waals surface area contributed by atoms with E-state index in [-0.39, 0.29) is 0 Å². The van der Waals surface area contributed by atoms with E-state index in [1.165, 1.54) is 12.3 Å². The van der Waals surface area contributed by atoms with Crippen LogP contribution in [0.5, 0.6) is 5.75 Å². The normalized spacial score (nSPS) is 10.6. The topological polar surface area (TPSA) is 134 Å². The zero-order valence-electron chi connectivity index (χ0n) is 14.7. The van der Waals surface area contributed by atoms with Crippen LogP contribution in [0.25, 0.3) is 0 Å². The Bertz CT molecular complexity index is 924. The van der Waals surface area contributed by atoms with Gasteiger partial charge in [-0.05, 0) is 37.6 Å². The number of phenols is 1. The molecule has 140 valence electrons. The lowest BCUT2D eigenvalue weighted by atomic mass is 10.1. The molecule has 0 unspecified atom stereocenters. The van der Waals surface area contributed by atoms with Crippen LogP contribution in [0, 0.1) is 24.0 Å². The summed E-state index contributed by atoms with van der Waals surface area (Å²) in [5.41, 5.74) is 4.57. The second-order valence-electron chi connectivity index (χ2n) is 5.84. The number of nitrogens with zero attached hydrogens (tertiary/aromatic N) is 2. The second kappa shape index (κ2) is 8.56. The quantitative estimate of drug-likeness (QED) is 0.311. The van der Waals surface area contributed by atoms with E-state index < -0.39 is 34.6 Å². The Hall–Kier alpha value is -3.75. The molecule has 3 N–H and O–H groups in total. The van der Waals surface area contributed by atoms with Gasteiger partial charge in [-0.2, -0.15) is 5.10 Å². The fraction of sp³-hybridized carbons (Fsp3) is 0.167. The summed E-state index contributed by atoms with van der Waals surface area (Å²) in [6.07, 6.45) is 0.743. The maximum absolute atomic E-state index is 11.9. The van der Waals surface area contributed by atoms with Crippen LogP contribution in [0.2, 0.25) is 0 Å². The third-order valence-electron chi connectivity index (χ3n) is 3.58. The van der Waals surface area contributed by atoms with Crippen LogP contribution in [-0.2, 0) is 9.59 Å². The number of carbonyl (C=O) groups is 2. The molecule has 2 aromatic carbocycles. The number of carbonyl (C=O) groups excluding carboxylic acids is 2. The molecular formula is C18H18N4O5. The fourth-order valence-electron chi connectivity index (χ4n) is 2.28. The first kappa shape index (κ1) is 19.6. The molecule has 0 saturated heterocycles. The Morgan fingerprint density at radius 2 is 1.93 bits per heavy atom. The predicted molar refractivity (Wildman–Crippen MR) is 99.7 cm³/mol. The summed E-state index contributed by atoms with van der Waals surface area (Å²) >= 11 is 0. The van der Waals surface area contributed by atoms with Gasteiger partial charge in [0.1, 0.15) is 6.42 Å². The van der Waals surface area contributed by atoms with Gasteiger partial charge in [-0.1, -0.05) is 17.7 Å². The van der Waals surface area contributed by atoms with Crippen molar-refractivity contribution >= 4 is 29.4 Å². The molecule has 2 aromatic rings. The molecular weight excluding hydrogens is 352 g/mol. The maximum atomic E-state index is 11.9. The summed E-state index contributed by atoms with van der Waals surface area (Å²) in [5.74, 6) is -1.60. The monoisotopic (exact) mass is 370 g/mol. The van der Waals surface area contributed by atoms with Gasteiger partial charge in [-0.25, -0.2) is 5.43 Å². The number of nitrogens with one attached hydrogen (secondary N) is 2. The van der Waals surface area contributed by atoms with Crippen LogP contribution < -0.4 is 10.7 Å². The van der Waals surface area contributed by atoms with Crippen molar-refractivity contribution in [2.45, 2.75) is 20.3 Å². The SMILES string of the molecule is Cc1ccc(NC(=O)CC(=O)N/N=C/c2ccc(O)c([N+](=O)[O-])c2)c(C)c1. The molecule has 0 bridgehead atoms. The Kier molecular flexibility index (Phi) is 6.21. The minimum absolute atomic E-state index is 0.305. The highest BCUT2D eigenvalue weighted by Crippen LogP contribution is 2.25. The number of benzene rings is 2. The molecule has 2 amide bonds. The van der Waals surface area contributed by atoms with Gasteiger partial charge in [-0.15, -0.1) is 0 Å². The number of hydrogen-bond acceptors (Lipinski definition) is 6. The van der Waals surface area contributed by atoms with Crippen LogP contribution in [0.3, 0.4) is 0 Å². The zero-order chi connectivity index (χ0) is 20.0. The molecule has 0 saturated carbocycles. The van der Waals surface area contributed by atoms with Gasteiger partial charge in [-0.3, -0.25) is 19.7 Å². The molecule has 0 aliphatic rings. The van der Waals surface area contributed by atoms with Gasteiger partial charge in [0.2, 0.25) is 11.8 Å². The van der Waals surface area contributed by atoms with Crippen molar-refractivity contribution in [1.82, 2.24) is 5.43 Å². The minimum Gasteiger partial charge on any atom is -0.502 e. The smallest absolute Gasteiger partial charge is 0.311 e. The van der Waals surface area contributed by atoms with Crippen molar-refractivity contribution in [1.29, 1.82) is 0 Å².